The van der Waals surface area contributed by atoms with Crippen LogP contribution in [0.5, 0.6) is 0 Å². The van der Waals surface area contributed by atoms with E-state index in [1.54, 1.807) is 12.1 Å². The van der Waals surface area contributed by atoms with Gasteiger partial charge in [0.05, 0.1) is 4.92 Å². The molecule has 1 aromatic carbocycles. The first-order valence-corrected chi connectivity index (χ1v) is 6.34. The van der Waals surface area contributed by atoms with Gasteiger partial charge in [0.1, 0.15) is 5.69 Å². The van der Waals surface area contributed by atoms with Crippen molar-refractivity contribution in [2.75, 3.05) is 31.6 Å². The van der Waals surface area contributed by atoms with E-state index in [0.717, 1.165) is 32.5 Å². The Kier molecular flexibility index (Phi) is 4.15. The molecule has 0 amide bonds. The van der Waals surface area contributed by atoms with E-state index in [9.17, 15) is 10.1 Å². The van der Waals surface area contributed by atoms with Crippen LogP contribution in [-0.4, -0.2) is 31.6 Å². The van der Waals surface area contributed by atoms with Crippen molar-refractivity contribution in [3.05, 3.63) is 34.4 Å². The molecule has 0 spiro atoms. The number of benzene rings is 1. The Morgan fingerprint density at radius 3 is 2.72 bits per heavy atom. The number of para-hydroxylation sites is 2. The summed E-state index contributed by atoms with van der Waals surface area (Å²) < 4.78 is 0. The third kappa shape index (κ3) is 2.98. The predicted molar refractivity (Wildman–Crippen MR) is 72.0 cm³/mol. The number of nitrogens with zero attached hydrogens (tertiary/aromatic N) is 2. The van der Waals surface area contributed by atoms with Gasteiger partial charge in [-0.2, -0.15) is 0 Å². The van der Waals surface area contributed by atoms with Crippen LogP contribution in [0.2, 0.25) is 0 Å². The van der Waals surface area contributed by atoms with Crippen LogP contribution in [0, 0.1) is 16.0 Å². The van der Waals surface area contributed by atoms with Gasteiger partial charge in [-0.05, 0) is 37.9 Å². The van der Waals surface area contributed by atoms with Crippen molar-refractivity contribution in [2.24, 2.45) is 5.92 Å². The van der Waals surface area contributed by atoms with E-state index in [0.29, 0.717) is 11.6 Å². The summed E-state index contributed by atoms with van der Waals surface area (Å²) in [6.45, 7) is 2.98. The second kappa shape index (κ2) is 5.82. The zero-order valence-electron chi connectivity index (χ0n) is 10.6. The number of nitro benzene ring substituents is 1. The molecular formula is C13H19N3O2. The summed E-state index contributed by atoms with van der Waals surface area (Å²) in [4.78, 5) is 12.7. The largest absolute Gasteiger partial charge is 0.369 e. The maximum absolute atomic E-state index is 11.0. The third-order valence-corrected chi connectivity index (χ3v) is 3.48. The molecule has 0 atom stereocenters. The fraction of sp³-hybridized carbons (Fsp3) is 0.538. The summed E-state index contributed by atoms with van der Waals surface area (Å²) in [5.74, 6) is 0.621. The van der Waals surface area contributed by atoms with Crippen LogP contribution in [0.4, 0.5) is 11.4 Å². The second-order valence-electron chi connectivity index (χ2n) is 4.82. The highest BCUT2D eigenvalue weighted by Gasteiger charge is 2.20. The molecule has 0 bridgehead atoms. The van der Waals surface area contributed by atoms with E-state index in [1.807, 2.05) is 24.1 Å². The van der Waals surface area contributed by atoms with Crippen LogP contribution in [0.1, 0.15) is 12.8 Å². The Morgan fingerprint density at radius 1 is 1.39 bits per heavy atom. The van der Waals surface area contributed by atoms with Crippen molar-refractivity contribution < 1.29 is 4.92 Å². The maximum atomic E-state index is 11.0. The van der Waals surface area contributed by atoms with E-state index in [1.165, 1.54) is 0 Å². The first-order valence-electron chi connectivity index (χ1n) is 6.34. The fourth-order valence-corrected chi connectivity index (χ4v) is 2.49. The minimum absolute atomic E-state index is 0.189. The van der Waals surface area contributed by atoms with E-state index >= 15 is 0 Å². The van der Waals surface area contributed by atoms with Gasteiger partial charge in [0.15, 0.2) is 0 Å². The molecular weight excluding hydrogens is 230 g/mol. The number of hydrogen-bond acceptors (Lipinski definition) is 4. The Labute approximate surface area is 107 Å². The van der Waals surface area contributed by atoms with Crippen molar-refractivity contribution in [3.8, 4) is 0 Å². The Hall–Kier alpha value is -1.62. The van der Waals surface area contributed by atoms with Gasteiger partial charge in [-0.25, -0.2) is 0 Å². The number of nitro groups is 1. The van der Waals surface area contributed by atoms with Crippen LogP contribution in [0.15, 0.2) is 24.3 Å². The Balaban J connectivity index is 2.08. The smallest absolute Gasteiger partial charge is 0.292 e. The van der Waals surface area contributed by atoms with Crippen LogP contribution in [0.25, 0.3) is 0 Å². The lowest BCUT2D eigenvalue weighted by atomic mass is 9.97. The van der Waals surface area contributed by atoms with Crippen molar-refractivity contribution in [1.29, 1.82) is 0 Å². The maximum Gasteiger partial charge on any atom is 0.292 e. The average Bonchev–Trinajstić information content (AvgIpc) is 2.40. The van der Waals surface area contributed by atoms with Gasteiger partial charge in [-0.1, -0.05) is 12.1 Å². The first-order chi connectivity index (χ1) is 8.68. The molecule has 0 saturated carbocycles. The van der Waals surface area contributed by atoms with Gasteiger partial charge in [0.25, 0.3) is 5.69 Å². The number of anilines is 1. The minimum Gasteiger partial charge on any atom is -0.369 e. The van der Waals surface area contributed by atoms with E-state index < -0.39 is 0 Å². The lowest BCUT2D eigenvalue weighted by Gasteiger charge is -2.28. The summed E-state index contributed by atoms with van der Waals surface area (Å²) in [6, 6.07) is 6.94. The lowest BCUT2D eigenvalue weighted by Crippen LogP contribution is -2.34. The van der Waals surface area contributed by atoms with Crippen molar-refractivity contribution in [3.63, 3.8) is 0 Å². The van der Waals surface area contributed by atoms with Gasteiger partial charge >= 0.3 is 0 Å². The molecule has 1 N–H and O–H groups in total. The van der Waals surface area contributed by atoms with E-state index in [4.69, 9.17) is 0 Å². The molecule has 5 heteroatoms. The molecule has 5 nitrogen and oxygen atoms in total. The highest BCUT2D eigenvalue weighted by Crippen LogP contribution is 2.28. The second-order valence-corrected chi connectivity index (χ2v) is 4.82. The first kappa shape index (κ1) is 12.8. The zero-order chi connectivity index (χ0) is 13.0. The molecule has 1 aliphatic rings. The van der Waals surface area contributed by atoms with Gasteiger partial charge in [0.2, 0.25) is 0 Å². The van der Waals surface area contributed by atoms with Crippen LogP contribution < -0.4 is 10.2 Å². The highest BCUT2D eigenvalue weighted by atomic mass is 16.6. The normalized spacial score (nSPS) is 16.5. The molecule has 1 heterocycles. The van der Waals surface area contributed by atoms with Crippen molar-refractivity contribution >= 4 is 11.4 Å². The summed E-state index contributed by atoms with van der Waals surface area (Å²) in [7, 11) is 1.93. The number of piperidine rings is 1. The number of nitrogens with one attached hydrogen (secondary N) is 1. The Bertz CT molecular complexity index is 416. The van der Waals surface area contributed by atoms with E-state index in [-0.39, 0.29) is 10.6 Å². The van der Waals surface area contributed by atoms with Gasteiger partial charge in [-0.15, -0.1) is 0 Å². The molecule has 1 aliphatic heterocycles. The van der Waals surface area contributed by atoms with E-state index in [2.05, 4.69) is 5.32 Å². The predicted octanol–water partition coefficient (Wildman–Crippen LogP) is 2.03. The molecule has 1 saturated heterocycles. The van der Waals surface area contributed by atoms with Crippen LogP contribution in [0.3, 0.4) is 0 Å². The van der Waals surface area contributed by atoms with Gasteiger partial charge < -0.3 is 10.2 Å². The molecule has 1 fully saturated rings. The summed E-state index contributed by atoms with van der Waals surface area (Å²) in [5, 5.41) is 14.3. The molecule has 1 aromatic rings. The SMILES string of the molecule is CN(CC1CCNCC1)c1ccccc1[N+](=O)[O-]. The summed E-state index contributed by atoms with van der Waals surface area (Å²) >= 11 is 0. The standard InChI is InChI=1S/C13H19N3O2/c1-15(10-11-6-8-14-9-7-11)12-4-2-3-5-13(12)16(17)18/h2-5,11,14H,6-10H2,1H3. The Morgan fingerprint density at radius 2 is 2.06 bits per heavy atom. The minimum atomic E-state index is -0.311. The van der Waals surface area contributed by atoms with Crippen LogP contribution >= 0.6 is 0 Å². The highest BCUT2D eigenvalue weighted by molar-refractivity contribution is 5.62. The van der Waals surface area contributed by atoms with Crippen molar-refractivity contribution in [1.82, 2.24) is 5.32 Å². The fourth-order valence-electron chi connectivity index (χ4n) is 2.49. The molecule has 2 rings (SSSR count). The monoisotopic (exact) mass is 249 g/mol. The van der Waals surface area contributed by atoms with Gasteiger partial charge in [0, 0.05) is 19.7 Å². The molecule has 18 heavy (non-hydrogen) atoms. The number of rotatable bonds is 4. The molecule has 0 aliphatic carbocycles. The molecule has 0 aromatic heterocycles. The quantitative estimate of drug-likeness (QED) is 0.655. The third-order valence-electron chi connectivity index (χ3n) is 3.48. The molecule has 0 radical (unpaired) electrons. The van der Waals surface area contributed by atoms with Gasteiger partial charge in [-0.3, -0.25) is 10.1 Å². The zero-order valence-corrected chi connectivity index (χ0v) is 10.6. The molecule has 0 unspecified atom stereocenters. The topological polar surface area (TPSA) is 58.4 Å². The molecule has 98 valence electrons. The van der Waals surface area contributed by atoms with Crippen molar-refractivity contribution in [2.45, 2.75) is 12.8 Å². The van der Waals surface area contributed by atoms with Crippen LogP contribution in [-0.2, 0) is 0 Å². The summed E-state index contributed by atoms with van der Waals surface area (Å²) in [5.41, 5.74) is 0.898. The number of hydrogen-bond donors (Lipinski definition) is 1. The average molecular weight is 249 g/mol. The lowest BCUT2D eigenvalue weighted by molar-refractivity contribution is -0.384. The summed E-state index contributed by atoms with van der Waals surface area (Å²) in [6.07, 6.45) is 2.29.